The van der Waals surface area contributed by atoms with Gasteiger partial charge < -0.3 is 19.3 Å². The SMILES string of the molecule is CCc1cc(C2=CCN(C(=O)N(C)CC#N)CC2)ccc1N(C)c1cc2c(cn1)ncn2C. The molecular formula is C25H29N7O. The predicted molar refractivity (Wildman–Crippen MR) is 130 cm³/mol. The van der Waals surface area contributed by atoms with Crippen LogP contribution in [0.15, 0.2) is 42.9 Å². The summed E-state index contributed by atoms with van der Waals surface area (Å²) in [6.07, 6.45) is 7.44. The topological polar surface area (TPSA) is 81.3 Å². The van der Waals surface area contributed by atoms with Crippen molar-refractivity contribution in [3.8, 4) is 6.07 Å². The summed E-state index contributed by atoms with van der Waals surface area (Å²) < 4.78 is 2.00. The van der Waals surface area contributed by atoms with Crippen molar-refractivity contribution in [2.45, 2.75) is 19.8 Å². The maximum Gasteiger partial charge on any atom is 0.320 e. The van der Waals surface area contributed by atoms with Gasteiger partial charge in [0.05, 0.1) is 24.1 Å². The summed E-state index contributed by atoms with van der Waals surface area (Å²) in [5, 5.41) is 8.82. The molecule has 3 heterocycles. The van der Waals surface area contributed by atoms with Crippen LogP contribution in [-0.2, 0) is 13.5 Å². The van der Waals surface area contributed by atoms with Gasteiger partial charge in [0.25, 0.3) is 0 Å². The first kappa shape index (κ1) is 22.3. The van der Waals surface area contributed by atoms with Crippen LogP contribution in [0.1, 0.15) is 24.5 Å². The zero-order valence-corrected chi connectivity index (χ0v) is 19.6. The monoisotopic (exact) mass is 443 g/mol. The molecule has 170 valence electrons. The van der Waals surface area contributed by atoms with Gasteiger partial charge in [-0.2, -0.15) is 5.26 Å². The van der Waals surface area contributed by atoms with Gasteiger partial charge in [-0.15, -0.1) is 0 Å². The number of carbonyl (C=O) groups is 1. The lowest BCUT2D eigenvalue weighted by molar-refractivity contribution is 0.172. The number of benzene rings is 1. The minimum absolute atomic E-state index is 0.100. The first-order valence-corrected chi connectivity index (χ1v) is 11.1. The molecule has 8 heteroatoms. The number of amides is 2. The average Bonchev–Trinajstić information content (AvgIpc) is 3.23. The Kier molecular flexibility index (Phi) is 6.31. The molecule has 0 saturated heterocycles. The fraction of sp³-hybridized carbons (Fsp3) is 0.360. The Morgan fingerprint density at radius 2 is 2.06 bits per heavy atom. The van der Waals surface area contributed by atoms with Gasteiger partial charge >= 0.3 is 6.03 Å². The quantitative estimate of drug-likeness (QED) is 0.558. The zero-order valence-electron chi connectivity index (χ0n) is 19.6. The second-order valence-corrected chi connectivity index (χ2v) is 8.36. The smallest absolute Gasteiger partial charge is 0.320 e. The van der Waals surface area contributed by atoms with Gasteiger partial charge in [-0.25, -0.2) is 14.8 Å². The van der Waals surface area contributed by atoms with E-state index in [4.69, 9.17) is 5.26 Å². The third kappa shape index (κ3) is 4.40. The van der Waals surface area contributed by atoms with Crippen LogP contribution in [-0.4, -0.2) is 64.1 Å². The highest BCUT2D eigenvalue weighted by atomic mass is 16.2. The fourth-order valence-corrected chi connectivity index (χ4v) is 4.24. The second kappa shape index (κ2) is 9.33. The number of hydrogen-bond donors (Lipinski definition) is 0. The first-order valence-electron chi connectivity index (χ1n) is 11.1. The largest absolute Gasteiger partial charge is 0.334 e. The number of hydrogen-bond acceptors (Lipinski definition) is 5. The number of pyridine rings is 1. The summed E-state index contributed by atoms with van der Waals surface area (Å²) in [6.45, 7) is 3.47. The van der Waals surface area contributed by atoms with E-state index >= 15 is 0 Å². The van der Waals surface area contributed by atoms with E-state index in [0.717, 1.165) is 35.4 Å². The van der Waals surface area contributed by atoms with Crippen LogP contribution in [0, 0.1) is 11.3 Å². The third-order valence-electron chi connectivity index (χ3n) is 6.25. The molecule has 0 bridgehead atoms. The number of anilines is 2. The molecule has 8 nitrogen and oxygen atoms in total. The lowest BCUT2D eigenvalue weighted by atomic mass is 9.96. The molecule has 0 spiro atoms. The van der Waals surface area contributed by atoms with Gasteiger partial charge in [0, 0.05) is 46.0 Å². The molecule has 0 unspecified atom stereocenters. The summed E-state index contributed by atoms with van der Waals surface area (Å²) in [4.78, 5) is 26.8. The van der Waals surface area contributed by atoms with Gasteiger partial charge in [0.15, 0.2) is 0 Å². The van der Waals surface area contributed by atoms with Crippen LogP contribution in [0.4, 0.5) is 16.3 Å². The number of aromatic nitrogens is 3. The fourth-order valence-electron chi connectivity index (χ4n) is 4.24. The molecule has 1 aliphatic rings. The van der Waals surface area contributed by atoms with Crippen LogP contribution in [0.5, 0.6) is 0 Å². The van der Waals surface area contributed by atoms with E-state index < -0.39 is 0 Å². The molecule has 0 aliphatic carbocycles. The lowest BCUT2D eigenvalue weighted by Gasteiger charge is -2.30. The third-order valence-corrected chi connectivity index (χ3v) is 6.25. The molecule has 1 aromatic carbocycles. The van der Waals surface area contributed by atoms with Crippen LogP contribution in [0.25, 0.3) is 16.6 Å². The van der Waals surface area contributed by atoms with Gasteiger partial charge in [-0.1, -0.05) is 19.1 Å². The Morgan fingerprint density at radius 1 is 1.24 bits per heavy atom. The summed E-state index contributed by atoms with van der Waals surface area (Å²) >= 11 is 0. The number of urea groups is 1. The summed E-state index contributed by atoms with van der Waals surface area (Å²) in [7, 11) is 5.69. The standard InChI is InChI=1S/C25H29N7O/c1-5-18-14-20(19-8-11-32(12-9-19)25(33)29(2)13-10-26)6-7-22(18)31(4)24-15-23-21(16-27-24)28-17-30(23)3/h6-8,14-17H,5,9,11-13H2,1-4H3. The number of nitrogens with zero attached hydrogens (tertiary/aromatic N) is 7. The number of fused-ring (bicyclic) bond motifs is 1. The molecule has 0 N–H and O–H groups in total. The van der Waals surface area contributed by atoms with Crippen molar-refractivity contribution in [3.63, 3.8) is 0 Å². The van der Waals surface area contributed by atoms with Crippen molar-refractivity contribution >= 4 is 34.1 Å². The van der Waals surface area contributed by atoms with E-state index in [0.29, 0.717) is 13.1 Å². The van der Waals surface area contributed by atoms with Crippen LogP contribution in [0.3, 0.4) is 0 Å². The van der Waals surface area contributed by atoms with E-state index in [1.165, 1.54) is 21.6 Å². The zero-order chi connectivity index (χ0) is 23.5. The highest BCUT2D eigenvalue weighted by molar-refractivity contribution is 5.80. The number of nitriles is 1. The first-order chi connectivity index (χ1) is 15.9. The van der Waals surface area contributed by atoms with Crippen molar-refractivity contribution in [1.82, 2.24) is 24.3 Å². The highest BCUT2D eigenvalue weighted by Crippen LogP contribution is 2.32. The van der Waals surface area contributed by atoms with Crippen molar-refractivity contribution in [2.24, 2.45) is 7.05 Å². The highest BCUT2D eigenvalue weighted by Gasteiger charge is 2.21. The van der Waals surface area contributed by atoms with E-state index in [2.05, 4.69) is 52.1 Å². The van der Waals surface area contributed by atoms with E-state index in [1.54, 1.807) is 18.3 Å². The lowest BCUT2D eigenvalue weighted by Crippen LogP contribution is -2.43. The number of aryl methyl sites for hydroxylation is 2. The molecule has 0 saturated carbocycles. The maximum atomic E-state index is 12.4. The van der Waals surface area contributed by atoms with Crippen molar-refractivity contribution < 1.29 is 4.79 Å². The Balaban J connectivity index is 1.55. The predicted octanol–water partition coefficient (Wildman–Crippen LogP) is 3.96. The Labute approximate surface area is 194 Å². The van der Waals surface area contributed by atoms with Crippen LogP contribution in [0.2, 0.25) is 0 Å². The molecule has 3 aromatic rings. The second-order valence-electron chi connectivity index (χ2n) is 8.36. The number of imidazole rings is 1. The molecule has 1 aliphatic heterocycles. The molecule has 0 radical (unpaired) electrons. The van der Waals surface area contributed by atoms with Crippen LogP contribution >= 0.6 is 0 Å². The molecule has 0 atom stereocenters. The van der Waals surface area contributed by atoms with Gasteiger partial charge in [-0.05, 0) is 41.7 Å². The Bertz CT molecular complexity index is 1250. The van der Waals surface area contributed by atoms with Gasteiger partial charge in [0.2, 0.25) is 0 Å². The van der Waals surface area contributed by atoms with Crippen molar-refractivity contribution in [1.29, 1.82) is 5.26 Å². The molecule has 2 amide bonds. The minimum Gasteiger partial charge on any atom is -0.334 e. The number of carbonyl (C=O) groups excluding carboxylic acids is 1. The summed E-state index contributed by atoms with van der Waals surface area (Å²) in [6, 6.07) is 10.5. The van der Waals surface area contributed by atoms with Crippen molar-refractivity contribution in [3.05, 3.63) is 54.0 Å². The minimum atomic E-state index is -0.101. The number of rotatable bonds is 5. The Morgan fingerprint density at radius 3 is 2.76 bits per heavy atom. The normalized spacial score (nSPS) is 13.5. The maximum absolute atomic E-state index is 12.4. The van der Waals surface area contributed by atoms with Crippen molar-refractivity contribution in [2.75, 3.05) is 38.6 Å². The van der Waals surface area contributed by atoms with Gasteiger partial charge in [0.1, 0.15) is 17.9 Å². The molecular weight excluding hydrogens is 414 g/mol. The molecule has 33 heavy (non-hydrogen) atoms. The van der Waals surface area contributed by atoms with E-state index in [-0.39, 0.29) is 12.6 Å². The van der Waals surface area contributed by atoms with E-state index in [9.17, 15) is 4.79 Å². The summed E-state index contributed by atoms with van der Waals surface area (Å²) in [5.41, 5.74) is 6.75. The molecule has 4 rings (SSSR count). The van der Waals surface area contributed by atoms with Crippen LogP contribution < -0.4 is 4.90 Å². The molecule has 2 aromatic heterocycles. The average molecular weight is 444 g/mol. The van der Waals surface area contributed by atoms with E-state index in [1.807, 2.05) is 30.9 Å². The summed E-state index contributed by atoms with van der Waals surface area (Å²) in [5.74, 6) is 0.876. The molecule has 0 fully saturated rings. The van der Waals surface area contributed by atoms with Gasteiger partial charge in [-0.3, -0.25) is 0 Å². The Hall–Kier alpha value is -3.86.